The van der Waals surface area contributed by atoms with Gasteiger partial charge in [0.15, 0.2) is 0 Å². The maximum absolute atomic E-state index is 11.0. The average molecular weight is 200 g/mol. The number of unbranched alkanes of at least 4 members (excludes halogenated alkanes) is 3. The fraction of sp³-hybridized carbons (Fsp3) is 0.727. The van der Waals surface area contributed by atoms with Crippen molar-refractivity contribution in [3.05, 3.63) is 12.2 Å². The summed E-state index contributed by atoms with van der Waals surface area (Å²) in [4.78, 5) is 20.3. The van der Waals surface area contributed by atoms with Crippen molar-refractivity contribution < 1.29 is 14.6 Å². The van der Waals surface area contributed by atoms with Crippen LogP contribution < -0.4 is 0 Å². The van der Waals surface area contributed by atoms with E-state index < -0.39 is 5.97 Å². The molecule has 0 aliphatic heterocycles. The Kier molecular flexibility index (Phi) is 8.24. The molecule has 0 aromatic rings. The van der Waals surface area contributed by atoms with Crippen molar-refractivity contribution in [2.24, 2.45) is 0 Å². The van der Waals surface area contributed by atoms with E-state index in [0.717, 1.165) is 12.8 Å². The van der Waals surface area contributed by atoms with Gasteiger partial charge in [0.1, 0.15) is 0 Å². The Morgan fingerprint density at radius 1 is 1.21 bits per heavy atom. The summed E-state index contributed by atoms with van der Waals surface area (Å²) >= 11 is 0. The second-order valence-electron chi connectivity index (χ2n) is 3.21. The van der Waals surface area contributed by atoms with E-state index in [-0.39, 0.29) is 0 Å². The minimum Gasteiger partial charge on any atom is -0.293 e. The molecule has 0 aliphatic carbocycles. The fourth-order valence-corrected chi connectivity index (χ4v) is 0.886. The molecule has 0 saturated heterocycles. The standard InChI is InChI=1S/C11H20O3/c1-4-6-7-8-9-13-14-11(12)10(3)5-2/h3-9H2,1-2H3. The van der Waals surface area contributed by atoms with Crippen molar-refractivity contribution in [3.8, 4) is 0 Å². The largest absolute Gasteiger partial charge is 0.368 e. The Balaban J connectivity index is 3.27. The highest BCUT2D eigenvalue weighted by Gasteiger charge is 2.06. The summed E-state index contributed by atoms with van der Waals surface area (Å²) in [5.74, 6) is -0.456. The van der Waals surface area contributed by atoms with Crippen molar-refractivity contribution in [3.63, 3.8) is 0 Å². The summed E-state index contributed by atoms with van der Waals surface area (Å²) < 4.78 is 0. The first-order chi connectivity index (χ1) is 6.72. The van der Waals surface area contributed by atoms with E-state index in [0.29, 0.717) is 18.6 Å². The summed E-state index contributed by atoms with van der Waals surface area (Å²) in [6.07, 6.45) is 5.02. The van der Waals surface area contributed by atoms with Gasteiger partial charge in [0.25, 0.3) is 0 Å². The van der Waals surface area contributed by atoms with Gasteiger partial charge >= 0.3 is 5.97 Å². The smallest absolute Gasteiger partial charge is 0.293 e. The zero-order valence-electron chi connectivity index (χ0n) is 9.17. The predicted molar refractivity (Wildman–Crippen MR) is 55.6 cm³/mol. The third-order valence-corrected chi connectivity index (χ3v) is 1.93. The Morgan fingerprint density at radius 2 is 1.93 bits per heavy atom. The zero-order chi connectivity index (χ0) is 10.8. The van der Waals surface area contributed by atoms with E-state index in [2.05, 4.69) is 18.4 Å². The summed E-state index contributed by atoms with van der Waals surface area (Å²) in [5, 5.41) is 0. The van der Waals surface area contributed by atoms with Crippen LogP contribution in [-0.4, -0.2) is 12.6 Å². The van der Waals surface area contributed by atoms with Crippen LogP contribution in [-0.2, 0) is 14.6 Å². The molecule has 0 saturated carbocycles. The van der Waals surface area contributed by atoms with Gasteiger partial charge in [0.2, 0.25) is 0 Å². The predicted octanol–water partition coefficient (Wildman–Crippen LogP) is 3.01. The minimum atomic E-state index is -0.456. The highest BCUT2D eigenvalue weighted by molar-refractivity contribution is 5.87. The molecule has 0 rings (SSSR count). The van der Waals surface area contributed by atoms with Crippen LogP contribution in [0.5, 0.6) is 0 Å². The lowest BCUT2D eigenvalue weighted by Gasteiger charge is -2.03. The van der Waals surface area contributed by atoms with Gasteiger partial charge in [-0.05, 0) is 12.8 Å². The minimum absolute atomic E-state index is 0.443. The molecule has 0 aliphatic rings. The van der Waals surface area contributed by atoms with Gasteiger partial charge in [-0.1, -0.05) is 39.7 Å². The first-order valence-corrected chi connectivity index (χ1v) is 5.23. The summed E-state index contributed by atoms with van der Waals surface area (Å²) in [7, 11) is 0. The van der Waals surface area contributed by atoms with Crippen LogP contribution in [0.25, 0.3) is 0 Å². The van der Waals surface area contributed by atoms with Crippen LogP contribution in [0, 0.1) is 0 Å². The summed E-state index contributed by atoms with van der Waals surface area (Å²) in [5.41, 5.74) is 0.443. The second kappa shape index (κ2) is 8.75. The van der Waals surface area contributed by atoms with E-state index in [1.165, 1.54) is 12.8 Å². The molecule has 0 aromatic heterocycles. The number of rotatable bonds is 8. The van der Waals surface area contributed by atoms with Gasteiger partial charge in [0.05, 0.1) is 6.61 Å². The van der Waals surface area contributed by atoms with Crippen molar-refractivity contribution in [1.82, 2.24) is 0 Å². The summed E-state index contributed by atoms with van der Waals surface area (Å²) in [6.45, 7) is 8.02. The highest BCUT2D eigenvalue weighted by atomic mass is 17.2. The molecular weight excluding hydrogens is 180 g/mol. The Bertz CT molecular complexity index is 175. The van der Waals surface area contributed by atoms with E-state index >= 15 is 0 Å². The molecule has 0 heterocycles. The Labute approximate surface area is 86.0 Å². The number of carbonyl (C=O) groups is 1. The molecule has 0 atom stereocenters. The number of hydrogen-bond acceptors (Lipinski definition) is 3. The number of carbonyl (C=O) groups excluding carboxylic acids is 1. The van der Waals surface area contributed by atoms with Crippen molar-refractivity contribution >= 4 is 5.97 Å². The Morgan fingerprint density at radius 3 is 2.50 bits per heavy atom. The molecule has 0 bridgehead atoms. The second-order valence-corrected chi connectivity index (χ2v) is 3.21. The molecule has 0 N–H and O–H groups in total. The average Bonchev–Trinajstić information content (AvgIpc) is 2.21. The maximum atomic E-state index is 11.0. The first kappa shape index (κ1) is 13.2. The third-order valence-electron chi connectivity index (χ3n) is 1.93. The fourth-order valence-electron chi connectivity index (χ4n) is 0.886. The van der Waals surface area contributed by atoms with Crippen molar-refractivity contribution in [1.29, 1.82) is 0 Å². The molecule has 0 fully saturated rings. The van der Waals surface area contributed by atoms with Crippen molar-refractivity contribution in [2.75, 3.05) is 6.61 Å². The molecule has 14 heavy (non-hydrogen) atoms. The van der Waals surface area contributed by atoms with Gasteiger partial charge in [0, 0.05) is 5.57 Å². The molecule has 0 unspecified atom stereocenters. The molecule has 3 heteroatoms. The molecular formula is C11H20O3. The lowest BCUT2D eigenvalue weighted by Crippen LogP contribution is -2.08. The van der Waals surface area contributed by atoms with Crippen LogP contribution in [0.4, 0.5) is 0 Å². The monoisotopic (exact) mass is 200 g/mol. The zero-order valence-corrected chi connectivity index (χ0v) is 9.17. The van der Waals surface area contributed by atoms with Gasteiger partial charge in [-0.25, -0.2) is 4.79 Å². The highest BCUT2D eigenvalue weighted by Crippen LogP contribution is 2.02. The normalized spacial score (nSPS) is 9.86. The quantitative estimate of drug-likeness (QED) is 0.261. The van der Waals surface area contributed by atoms with Crippen LogP contribution in [0.15, 0.2) is 12.2 Å². The van der Waals surface area contributed by atoms with Crippen molar-refractivity contribution in [2.45, 2.75) is 46.0 Å². The third kappa shape index (κ3) is 6.66. The molecule has 82 valence electrons. The molecule has 0 spiro atoms. The van der Waals surface area contributed by atoms with E-state index in [1.54, 1.807) is 0 Å². The van der Waals surface area contributed by atoms with Gasteiger partial charge in [-0.3, -0.25) is 4.89 Å². The van der Waals surface area contributed by atoms with Gasteiger partial charge in [-0.2, -0.15) is 4.89 Å². The van der Waals surface area contributed by atoms with E-state index in [9.17, 15) is 4.79 Å². The van der Waals surface area contributed by atoms with Crippen LogP contribution in [0.1, 0.15) is 46.0 Å². The maximum Gasteiger partial charge on any atom is 0.368 e. The van der Waals surface area contributed by atoms with Gasteiger partial charge < -0.3 is 0 Å². The van der Waals surface area contributed by atoms with Gasteiger partial charge in [-0.15, -0.1) is 0 Å². The van der Waals surface area contributed by atoms with Crippen LogP contribution in [0.3, 0.4) is 0 Å². The number of hydrogen-bond donors (Lipinski definition) is 0. The Hall–Kier alpha value is -0.830. The molecule has 0 radical (unpaired) electrons. The molecule has 3 nitrogen and oxygen atoms in total. The topological polar surface area (TPSA) is 35.5 Å². The van der Waals surface area contributed by atoms with E-state index in [4.69, 9.17) is 4.89 Å². The van der Waals surface area contributed by atoms with Crippen LogP contribution >= 0.6 is 0 Å². The SMILES string of the molecule is C=C(CC)C(=O)OOCCCCCC. The summed E-state index contributed by atoms with van der Waals surface area (Å²) in [6, 6.07) is 0. The van der Waals surface area contributed by atoms with Crippen LogP contribution in [0.2, 0.25) is 0 Å². The van der Waals surface area contributed by atoms with E-state index in [1.807, 2.05) is 6.92 Å². The lowest BCUT2D eigenvalue weighted by molar-refractivity contribution is -0.268. The first-order valence-electron chi connectivity index (χ1n) is 5.23. The molecule has 0 aromatic carbocycles. The lowest BCUT2D eigenvalue weighted by atomic mass is 10.2. The molecule has 0 amide bonds.